The van der Waals surface area contributed by atoms with E-state index in [1.165, 1.54) is 11.8 Å². The topological polar surface area (TPSA) is 88.1 Å². The van der Waals surface area contributed by atoms with Gasteiger partial charge in [-0.2, -0.15) is 5.10 Å². The molecule has 0 fully saturated rings. The molecule has 0 radical (unpaired) electrons. The van der Waals surface area contributed by atoms with Crippen molar-refractivity contribution in [3.8, 4) is 5.75 Å². The molecule has 0 saturated carbocycles. The summed E-state index contributed by atoms with van der Waals surface area (Å²) in [7, 11) is -3.65. The lowest BCUT2D eigenvalue weighted by molar-refractivity contribution is -0.119. The van der Waals surface area contributed by atoms with Crippen LogP contribution < -0.4 is 14.5 Å². The second kappa shape index (κ2) is 11.0. The molecule has 0 saturated heterocycles. The van der Waals surface area contributed by atoms with Crippen LogP contribution in [-0.4, -0.2) is 33.3 Å². The van der Waals surface area contributed by atoms with Crippen molar-refractivity contribution in [2.75, 3.05) is 17.1 Å². The molecule has 0 atom stereocenters. The number of ether oxygens (including phenoxy) is 1. The fourth-order valence-corrected chi connectivity index (χ4v) is 4.23. The summed E-state index contributed by atoms with van der Waals surface area (Å²) in [5, 5.41) is 3.95. The number of amides is 1. The van der Waals surface area contributed by atoms with Crippen LogP contribution in [0.25, 0.3) is 0 Å². The van der Waals surface area contributed by atoms with E-state index in [4.69, 9.17) is 4.74 Å². The number of aryl methyl sites for hydroxylation is 3. The van der Waals surface area contributed by atoms with E-state index in [2.05, 4.69) is 10.5 Å². The number of carbonyl (C=O) groups excluding carboxylic acids is 1. The van der Waals surface area contributed by atoms with Gasteiger partial charge < -0.3 is 4.74 Å². The number of nitrogens with one attached hydrogen (secondary N) is 1. The number of sulfonamides is 1. The zero-order chi connectivity index (χ0) is 24.7. The number of carbonyl (C=O) groups is 1. The van der Waals surface area contributed by atoms with Gasteiger partial charge in [-0.15, -0.1) is 0 Å². The number of benzene rings is 3. The van der Waals surface area contributed by atoms with Crippen molar-refractivity contribution in [2.24, 2.45) is 5.10 Å². The average Bonchev–Trinajstić information content (AvgIpc) is 2.78. The van der Waals surface area contributed by atoms with Crippen molar-refractivity contribution in [3.05, 3.63) is 94.5 Å². The Labute approximate surface area is 201 Å². The van der Waals surface area contributed by atoms with Gasteiger partial charge in [0.25, 0.3) is 5.91 Å². The molecule has 8 heteroatoms. The normalized spacial score (nSPS) is 11.4. The third-order valence-corrected chi connectivity index (χ3v) is 6.24. The Morgan fingerprint density at radius 2 is 1.62 bits per heavy atom. The summed E-state index contributed by atoms with van der Waals surface area (Å²) in [6.45, 7) is 5.88. The van der Waals surface area contributed by atoms with E-state index in [9.17, 15) is 13.2 Å². The van der Waals surface area contributed by atoms with E-state index >= 15 is 0 Å². The highest BCUT2D eigenvalue weighted by atomic mass is 32.2. The van der Waals surface area contributed by atoms with Gasteiger partial charge in [-0.1, -0.05) is 47.5 Å². The Morgan fingerprint density at radius 1 is 0.971 bits per heavy atom. The molecule has 0 aliphatic heterocycles. The van der Waals surface area contributed by atoms with Gasteiger partial charge in [0.2, 0.25) is 10.0 Å². The molecule has 3 aromatic rings. The maximum absolute atomic E-state index is 12.4. The zero-order valence-electron chi connectivity index (χ0n) is 19.8. The fourth-order valence-electron chi connectivity index (χ4n) is 3.31. The predicted octanol–water partition coefficient (Wildman–Crippen LogP) is 4.11. The lowest BCUT2D eigenvalue weighted by Crippen LogP contribution is -2.39. The third kappa shape index (κ3) is 7.18. The molecule has 178 valence electrons. The van der Waals surface area contributed by atoms with Crippen LogP contribution in [0, 0.1) is 20.8 Å². The summed E-state index contributed by atoms with van der Waals surface area (Å²) < 4.78 is 31.4. The SMILES string of the molecule is Cc1ccc(COc2ccc(/C=N/NC(=O)CN(c3ccc(C)cc3C)S(C)(=O)=O)cc2)cc1. The van der Waals surface area contributed by atoms with Crippen molar-refractivity contribution in [1.29, 1.82) is 0 Å². The minimum Gasteiger partial charge on any atom is -0.489 e. The summed E-state index contributed by atoms with van der Waals surface area (Å²) in [4.78, 5) is 12.4. The molecule has 3 rings (SSSR count). The first-order valence-corrected chi connectivity index (χ1v) is 12.6. The second-order valence-electron chi connectivity index (χ2n) is 8.20. The van der Waals surface area contributed by atoms with Gasteiger partial charge in [-0.3, -0.25) is 9.10 Å². The van der Waals surface area contributed by atoms with Crippen molar-refractivity contribution in [1.82, 2.24) is 5.43 Å². The first-order valence-electron chi connectivity index (χ1n) is 10.8. The van der Waals surface area contributed by atoms with E-state index in [1.807, 2.05) is 81.4 Å². The molecular formula is C26H29N3O4S. The number of rotatable bonds is 9. The van der Waals surface area contributed by atoms with Crippen molar-refractivity contribution >= 4 is 27.8 Å². The molecule has 0 unspecified atom stereocenters. The van der Waals surface area contributed by atoms with Gasteiger partial charge in [-0.25, -0.2) is 13.8 Å². The molecule has 0 spiro atoms. The Bertz CT molecular complexity index is 1270. The van der Waals surface area contributed by atoms with Gasteiger partial charge in [0.05, 0.1) is 18.2 Å². The number of anilines is 1. The smallest absolute Gasteiger partial charge is 0.260 e. The van der Waals surface area contributed by atoms with E-state index in [1.54, 1.807) is 6.07 Å². The zero-order valence-corrected chi connectivity index (χ0v) is 20.6. The van der Waals surface area contributed by atoms with Crippen molar-refractivity contribution in [3.63, 3.8) is 0 Å². The molecule has 0 aliphatic carbocycles. The minimum atomic E-state index is -3.65. The van der Waals surface area contributed by atoms with Crippen molar-refractivity contribution in [2.45, 2.75) is 27.4 Å². The van der Waals surface area contributed by atoms with Crippen LogP contribution in [0.3, 0.4) is 0 Å². The fraction of sp³-hybridized carbons (Fsp3) is 0.231. The lowest BCUT2D eigenvalue weighted by Gasteiger charge is -2.23. The van der Waals surface area contributed by atoms with Crippen LogP contribution in [0.15, 0.2) is 71.8 Å². The Kier molecular flexibility index (Phi) is 8.07. The highest BCUT2D eigenvalue weighted by Crippen LogP contribution is 2.23. The van der Waals surface area contributed by atoms with Gasteiger partial charge in [0, 0.05) is 0 Å². The molecule has 7 nitrogen and oxygen atoms in total. The number of hydrogen-bond donors (Lipinski definition) is 1. The maximum atomic E-state index is 12.4. The third-order valence-electron chi connectivity index (χ3n) is 5.12. The van der Waals surface area contributed by atoms with E-state index in [0.717, 1.165) is 38.6 Å². The lowest BCUT2D eigenvalue weighted by atomic mass is 10.1. The molecule has 1 amide bonds. The summed E-state index contributed by atoms with van der Waals surface area (Å²) in [5.74, 6) is 0.179. The second-order valence-corrected chi connectivity index (χ2v) is 10.1. The maximum Gasteiger partial charge on any atom is 0.260 e. The summed E-state index contributed by atoms with van der Waals surface area (Å²) in [5.41, 5.74) is 7.69. The Morgan fingerprint density at radius 3 is 2.24 bits per heavy atom. The van der Waals surface area contributed by atoms with Crippen molar-refractivity contribution < 1.29 is 17.9 Å². The molecule has 0 bridgehead atoms. The molecule has 34 heavy (non-hydrogen) atoms. The van der Waals surface area contributed by atoms with Gasteiger partial charge >= 0.3 is 0 Å². The highest BCUT2D eigenvalue weighted by molar-refractivity contribution is 7.92. The van der Waals surface area contributed by atoms with Crippen LogP contribution in [-0.2, 0) is 21.4 Å². The number of nitrogens with zero attached hydrogens (tertiary/aromatic N) is 2. The van der Waals surface area contributed by atoms with Crippen LogP contribution in [0.4, 0.5) is 5.69 Å². The quantitative estimate of drug-likeness (QED) is 0.370. The average molecular weight is 480 g/mol. The van der Waals surface area contributed by atoms with Crippen LogP contribution in [0.1, 0.15) is 27.8 Å². The van der Waals surface area contributed by atoms with Gasteiger partial charge in [0.1, 0.15) is 18.9 Å². The van der Waals surface area contributed by atoms with E-state index < -0.39 is 15.9 Å². The summed E-state index contributed by atoms with van der Waals surface area (Å²) >= 11 is 0. The molecule has 0 aromatic heterocycles. The Hall–Kier alpha value is -3.65. The molecule has 0 aliphatic rings. The predicted molar refractivity (Wildman–Crippen MR) is 136 cm³/mol. The minimum absolute atomic E-state index is 0.369. The Balaban J connectivity index is 1.56. The summed E-state index contributed by atoms with van der Waals surface area (Å²) in [6, 6.07) is 20.8. The molecular weight excluding hydrogens is 450 g/mol. The molecule has 3 aromatic carbocycles. The largest absolute Gasteiger partial charge is 0.489 e. The number of hydrazone groups is 1. The first kappa shape index (κ1) is 25.0. The monoisotopic (exact) mass is 479 g/mol. The van der Waals surface area contributed by atoms with E-state index in [-0.39, 0.29) is 6.54 Å². The molecule has 0 heterocycles. The van der Waals surface area contributed by atoms with Crippen LogP contribution >= 0.6 is 0 Å². The van der Waals surface area contributed by atoms with Gasteiger partial charge in [0.15, 0.2) is 0 Å². The number of hydrogen-bond acceptors (Lipinski definition) is 5. The molecule has 1 N–H and O–H groups in total. The highest BCUT2D eigenvalue weighted by Gasteiger charge is 2.22. The van der Waals surface area contributed by atoms with Crippen LogP contribution in [0.2, 0.25) is 0 Å². The first-order chi connectivity index (χ1) is 16.1. The van der Waals surface area contributed by atoms with Crippen LogP contribution in [0.5, 0.6) is 5.75 Å². The standard InChI is InChI=1S/C26H29N3O4S/c1-19-5-8-23(9-6-19)18-33-24-12-10-22(11-13-24)16-27-28-26(30)17-29(34(4,31)32)25-14-7-20(2)15-21(25)3/h5-16H,17-18H2,1-4H3,(H,28,30)/b27-16+. The van der Waals surface area contributed by atoms with Gasteiger partial charge in [-0.05, 0) is 67.8 Å². The summed E-state index contributed by atoms with van der Waals surface area (Å²) in [6.07, 6.45) is 2.56. The van der Waals surface area contributed by atoms with E-state index in [0.29, 0.717) is 12.3 Å².